The standard InChI is InChI=1S/C24H20N2O/c27-24(21-9-5-2-6-10-21)16-13-19-11-14-22(15-12-19)26-18-17-23(25-26)20-7-3-1-4-8-20/h1-16H,17-18H2/b16-13+. The minimum Gasteiger partial charge on any atom is -0.289 e. The van der Waals surface area contributed by atoms with Crippen molar-refractivity contribution in [3.8, 4) is 0 Å². The van der Waals surface area contributed by atoms with Gasteiger partial charge in [0.1, 0.15) is 0 Å². The molecule has 1 aliphatic heterocycles. The molecule has 3 aromatic rings. The van der Waals surface area contributed by atoms with Crippen molar-refractivity contribution in [1.29, 1.82) is 0 Å². The van der Waals surface area contributed by atoms with E-state index < -0.39 is 0 Å². The van der Waals surface area contributed by atoms with Crippen LogP contribution in [0.15, 0.2) is 96.1 Å². The predicted octanol–water partition coefficient (Wildman–Crippen LogP) is 5.20. The van der Waals surface area contributed by atoms with Crippen LogP contribution in [0.4, 0.5) is 5.69 Å². The van der Waals surface area contributed by atoms with Gasteiger partial charge in [0.2, 0.25) is 0 Å². The lowest BCUT2D eigenvalue weighted by atomic mass is 10.1. The van der Waals surface area contributed by atoms with Crippen LogP contribution in [-0.2, 0) is 0 Å². The molecule has 0 aliphatic carbocycles. The van der Waals surface area contributed by atoms with Crippen molar-refractivity contribution in [3.05, 3.63) is 108 Å². The summed E-state index contributed by atoms with van der Waals surface area (Å²) in [6, 6.07) is 27.7. The van der Waals surface area contributed by atoms with Crippen molar-refractivity contribution < 1.29 is 4.79 Å². The third-order valence-electron chi connectivity index (χ3n) is 4.59. The Bertz CT molecular complexity index is 974. The van der Waals surface area contributed by atoms with Gasteiger partial charge in [0.25, 0.3) is 0 Å². The number of carbonyl (C=O) groups is 1. The number of benzene rings is 3. The molecule has 0 N–H and O–H groups in total. The smallest absolute Gasteiger partial charge is 0.185 e. The number of hydrogen-bond acceptors (Lipinski definition) is 3. The van der Waals surface area contributed by atoms with Gasteiger partial charge in [-0.1, -0.05) is 78.9 Å². The van der Waals surface area contributed by atoms with Crippen LogP contribution in [0, 0.1) is 0 Å². The fourth-order valence-corrected chi connectivity index (χ4v) is 3.11. The van der Waals surface area contributed by atoms with E-state index in [2.05, 4.69) is 12.1 Å². The second-order valence-corrected chi connectivity index (χ2v) is 6.44. The molecule has 0 radical (unpaired) electrons. The number of allylic oxidation sites excluding steroid dienone is 1. The van der Waals surface area contributed by atoms with E-state index in [4.69, 9.17) is 5.10 Å². The molecule has 1 aliphatic rings. The summed E-state index contributed by atoms with van der Waals surface area (Å²) in [4.78, 5) is 12.2. The summed E-state index contributed by atoms with van der Waals surface area (Å²) in [5.41, 5.74) is 5.05. The van der Waals surface area contributed by atoms with Crippen LogP contribution in [0.25, 0.3) is 6.08 Å². The summed E-state index contributed by atoms with van der Waals surface area (Å²) >= 11 is 0. The number of rotatable bonds is 5. The number of carbonyl (C=O) groups excluding carboxylic acids is 1. The summed E-state index contributed by atoms with van der Waals surface area (Å²) in [6.07, 6.45) is 4.41. The Morgan fingerprint density at radius 1 is 0.852 bits per heavy atom. The zero-order valence-electron chi connectivity index (χ0n) is 15.0. The second-order valence-electron chi connectivity index (χ2n) is 6.44. The molecule has 4 rings (SSSR count). The fraction of sp³-hybridized carbons (Fsp3) is 0.0833. The number of hydrazone groups is 1. The van der Waals surface area contributed by atoms with Crippen molar-refractivity contribution in [1.82, 2.24) is 0 Å². The molecule has 3 heteroatoms. The van der Waals surface area contributed by atoms with Crippen LogP contribution in [0.5, 0.6) is 0 Å². The lowest BCUT2D eigenvalue weighted by molar-refractivity contribution is 0.104. The van der Waals surface area contributed by atoms with E-state index in [1.165, 1.54) is 5.56 Å². The summed E-state index contributed by atoms with van der Waals surface area (Å²) < 4.78 is 0. The Balaban J connectivity index is 1.44. The van der Waals surface area contributed by atoms with E-state index in [1.807, 2.05) is 83.9 Å². The predicted molar refractivity (Wildman–Crippen MR) is 111 cm³/mol. The molecule has 3 nitrogen and oxygen atoms in total. The van der Waals surface area contributed by atoms with Crippen molar-refractivity contribution in [2.75, 3.05) is 11.6 Å². The highest BCUT2D eigenvalue weighted by Gasteiger charge is 2.16. The zero-order valence-corrected chi connectivity index (χ0v) is 15.0. The second kappa shape index (κ2) is 7.83. The molecule has 0 saturated heterocycles. The van der Waals surface area contributed by atoms with E-state index in [0.717, 1.165) is 29.9 Å². The molecule has 1 heterocycles. The third kappa shape index (κ3) is 4.04. The quantitative estimate of drug-likeness (QED) is 0.467. The van der Waals surface area contributed by atoms with Gasteiger partial charge in [-0.05, 0) is 29.3 Å². The highest BCUT2D eigenvalue weighted by atomic mass is 16.1. The Kier molecular flexibility index (Phi) is 4.93. The van der Waals surface area contributed by atoms with Gasteiger partial charge in [-0.2, -0.15) is 5.10 Å². The summed E-state index contributed by atoms with van der Waals surface area (Å²) in [5.74, 6) is 0.0105. The maximum absolute atomic E-state index is 12.2. The average Bonchev–Trinajstić information content (AvgIpc) is 3.24. The first-order valence-corrected chi connectivity index (χ1v) is 9.07. The van der Waals surface area contributed by atoms with Crippen LogP contribution in [0.3, 0.4) is 0 Å². The molecule has 0 bridgehead atoms. The molecular weight excluding hydrogens is 332 g/mol. The molecule has 0 saturated carbocycles. The molecule has 0 spiro atoms. The first-order chi connectivity index (χ1) is 13.3. The lowest BCUT2D eigenvalue weighted by Crippen LogP contribution is -2.11. The van der Waals surface area contributed by atoms with Gasteiger partial charge in [-0.15, -0.1) is 0 Å². The first-order valence-electron chi connectivity index (χ1n) is 9.07. The molecule has 3 aromatic carbocycles. The highest BCUT2D eigenvalue weighted by Crippen LogP contribution is 2.22. The maximum Gasteiger partial charge on any atom is 0.185 e. The van der Waals surface area contributed by atoms with Crippen LogP contribution >= 0.6 is 0 Å². The maximum atomic E-state index is 12.2. The van der Waals surface area contributed by atoms with Crippen molar-refractivity contribution in [3.63, 3.8) is 0 Å². The summed E-state index contributed by atoms with van der Waals surface area (Å²) in [6.45, 7) is 0.881. The minimum absolute atomic E-state index is 0.0105. The largest absolute Gasteiger partial charge is 0.289 e. The van der Waals surface area contributed by atoms with Gasteiger partial charge in [-0.25, -0.2) is 0 Å². The van der Waals surface area contributed by atoms with E-state index in [9.17, 15) is 4.79 Å². The van der Waals surface area contributed by atoms with Gasteiger partial charge in [0.15, 0.2) is 5.78 Å². The average molecular weight is 352 g/mol. The molecular formula is C24H20N2O. The van der Waals surface area contributed by atoms with Gasteiger partial charge in [-0.3, -0.25) is 9.80 Å². The van der Waals surface area contributed by atoms with Gasteiger partial charge in [0.05, 0.1) is 11.4 Å². The van der Waals surface area contributed by atoms with Crippen LogP contribution in [0.1, 0.15) is 27.9 Å². The van der Waals surface area contributed by atoms with E-state index in [0.29, 0.717) is 5.56 Å². The number of nitrogens with zero attached hydrogens (tertiary/aromatic N) is 2. The van der Waals surface area contributed by atoms with Crippen LogP contribution in [-0.4, -0.2) is 18.0 Å². The monoisotopic (exact) mass is 352 g/mol. The van der Waals surface area contributed by atoms with Gasteiger partial charge in [0, 0.05) is 18.5 Å². The molecule has 0 atom stereocenters. The third-order valence-corrected chi connectivity index (χ3v) is 4.59. The Labute approximate surface area is 159 Å². The topological polar surface area (TPSA) is 32.7 Å². The SMILES string of the molecule is O=C(/C=C/c1ccc(N2CCC(c3ccccc3)=N2)cc1)c1ccccc1. The van der Waals surface area contributed by atoms with Crippen molar-refractivity contribution in [2.45, 2.75) is 6.42 Å². The summed E-state index contributed by atoms with van der Waals surface area (Å²) in [5, 5.41) is 6.78. The van der Waals surface area contributed by atoms with Crippen LogP contribution in [0.2, 0.25) is 0 Å². The zero-order chi connectivity index (χ0) is 18.5. The molecule has 0 unspecified atom stereocenters. The van der Waals surface area contributed by atoms with E-state index in [1.54, 1.807) is 6.08 Å². The molecule has 27 heavy (non-hydrogen) atoms. The molecule has 132 valence electrons. The Morgan fingerprint density at radius 3 is 2.22 bits per heavy atom. The number of ketones is 1. The highest BCUT2D eigenvalue weighted by molar-refractivity contribution is 6.06. The molecule has 0 fully saturated rings. The normalized spacial score (nSPS) is 13.8. The number of hydrogen-bond donors (Lipinski definition) is 0. The Hall–Kier alpha value is -3.46. The van der Waals surface area contributed by atoms with Gasteiger partial charge >= 0.3 is 0 Å². The van der Waals surface area contributed by atoms with Crippen molar-refractivity contribution >= 4 is 23.3 Å². The Morgan fingerprint density at radius 2 is 1.52 bits per heavy atom. The summed E-state index contributed by atoms with van der Waals surface area (Å²) in [7, 11) is 0. The first kappa shape index (κ1) is 17.0. The number of anilines is 1. The van der Waals surface area contributed by atoms with E-state index in [-0.39, 0.29) is 5.78 Å². The molecule has 0 aromatic heterocycles. The lowest BCUT2D eigenvalue weighted by Gasteiger charge is -2.13. The van der Waals surface area contributed by atoms with E-state index >= 15 is 0 Å². The fourth-order valence-electron chi connectivity index (χ4n) is 3.11. The van der Waals surface area contributed by atoms with Crippen molar-refractivity contribution in [2.24, 2.45) is 5.10 Å². The van der Waals surface area contributed by atoms with Gasteiger partial charge < -0.3 is 0 Å². The minimum atomic E-state index is 0.0105. The molecule has 0 amide bonds. The van der Waals surface area contributed by atoms with Crippen LogP contribution < -0.4 is 5.01 Å².